The van der Waals surface area contributed by atoms with Gasteiger partial charge < -0.3 is 5.32 Å². The van der Waals surface area contributed by atoms with Gasteiger partial charge in [-0.2, -0.15) is 0 Å². The number of nitro benzene ring substituents is 1. The first kappa shape index (κ1) is 21.2. The Labute approximate surface area is 174 Å². The lowest BCUT2D eigenvalue weighted by atomic mass is 10.1. The van der Waals surface area contributed by atoms with E-state index < -0.39 is 16.7 Å². The van der Waals surface area contributed by atoms with Crippen LogP contribution in [0.25, 0.3) is 0 Å². The Morgan fingerprint density at radius 3 is 2.43 bits per heavy atom. The fourth-order valence-corrected chi connectivity index (χ4v) is 3.41. The van der Waals surface area contributed by atoms with Crippen LogP contribution in [0.15, 0.2) is 48.5 Å². The van der Waals surface area contributed by atoms with Crippen molar-refractivity contribution in [2.24, 2.45) is 0 Å². The molecule has 1 heterocycles. The van der Waals surface area contributed by atoms with Crippen LogP contribution in [0.3, 0.4) is 0 Å². The molecule has 0 unspecified atom stereocenters. The summed E-state index contributed by atoms with van der Waals surface area (Å²) in [6.07, 6.45) is 3.35. The highest BCUT2D eigenvalue weighted by Gasteiger charge is 2.36. The van der Waals surface area contributed by atoms with E-state index in [0.717, 1.165) is 30.2 Å². The van der Waals surface area contributed by atoms with Gasteiger partial charge in [-0.05, 0) is 37.3 Å². The van der Waals surface area contributed by atoms with E-state index in [0.29, 0.717) is 13.0 Å². The topological polar surface area (TPSA) is 110 Å². The van der Waals surface area contributed by atoms with Gasteiger partial charge in [-0.25, -0.2) is 0 Å². The molecule has 1 aliphatic rings. The van der Waals surface area contributed by atoms with Crippen LogP contribution in [-0.2, 0) is 11.2 Å². The van der Waals surface area contributed by atoms with Crippen LogP contribution in [0, 0.1) is 10.1 Å². The molecule has 3 amide bonds. The van der Waals surface area contributed by atoms with Gasteiger partial charge in [0.1, 0.15) is 0 Å². The third kappa shape index (κ3) is 5.08. The van der Waals surface area contributed by atoms with Gasteiger partial charge in [0, 0.05) is 31.6 Å². The maximum Gasteiger partial charge on any atom is 0.270 e. The van der Waals surface area contributed by atoms with Crippen molar-refractivity contribution in [2.75, 3.05) is 13.1 Å². The van der Waals surface area contributed by atoms with Gasteiger partial charge in [-0.15, -0.1) is 0 Å². The molecule has 0 atom stereocenters. The van der Waals surface area contributed by atoms with Crippen molar-refractivity contribution >= 4 is 23.4 Å². The van der Waals surface area contributed by atoms with Crippen LogP contribution in [0.4, 0.5) is 5.69 Å². The number of hydrogen-bond donors (Lipinski definition) is 1. The number of nitrogens with one attached hydrogen (secondary N) is 1. The van der Waals surface area contributed by atoms with Gasteiger partial charge in [0.05, 0.1) is 16.1 Å². The van der Waals surface area contributed by atoms with Crippen LogP contribution >= 0.6 is 0 Å². The van der Waals surface area contributed by atoms with Gasteiger partial charge in [0.25, 0.3) is 17.5 Å². The molecule has 2 aromatic carbocycles. The van der Waals surface area contributed by atoms with Crippen molar-refractivity contribution in [3.05, 3.63) is 75.3 Å². The molecule has 1 N–H and O–H groups in total. The van der Waals surface area contributed by atoms with Crippen LogP contribution in [0.5, 0.6) is 0 Å². The highest BCUT2D eigenvalue weighted by molar-refractivity contribution is 6.21. The number of unbranched alkanes of at least 4 members (excludes halogenated alkanes) is 1. The average molecular weight is 409 g/mol. The summed E-state index contributed by atoms with van der Waals surface area (Å²) in [5.74, 6) is -1.16. The molecule has 1 aliphatic heterocycles. The smallest absolute Gasteiger partial charge is 0.270 e. The van der Waals surface area contributed by atoms with E-state index in [1.54, 1.807) is 0 Å². The summed E-state index contributed by atoms with van der Waals surface area (Å²) in [5, 5.41) is 13.7. The highest BCUT2D eigenvalue weighted by Crippen LogP contribution is 2.26. The van der Waals surface area contributed by atoms with Gasteiger partial charge in [0.15, 0.2) is 0 Å². The zero-order chi connectivity index (χ0) is 21.5. The van der Waals surface area contributed by atoms with E-state index >= 15 is 0 Å². The Morgan fingerprint density at radius 2 is 1.70 bits per heavy atom. The Kier molecular flexibility index (Phi) is 6.90. The van der Waals surface area contributed by atoms with Crippen molar-refractivity contribution < 1.29 is 19.3 Å². The average Bonchev–Trinajstić information content (AvgIpc) is 2.98. The van der Waals surface area contributed by atoms with Crippen LogP contribution in [0.1, 0.15) is 52.0 Å². The second kappa shape index (κ2) is 9.78. The first-order chi connectivity index (χ1) is 14.5. The third-order valence-corrected chi connectivity index (χ3v) is 5.01. The number of amides is 3. The molecule has 8 heteroatoms. The standard InChI is InChI=1S/C22H23N3O5/c26-20(23-13-5-4-9-16-7-2-1-3-8-16)10-6-14-24-21(27)18-12-11-17(25(29)30)15-19(18)22(24)28/h1-3,7-8,11-12,15H,4-6,9-10,13-14H2,(H,23,26). The second-order valence-electron chi connectivity index (χ2n) is 7.15. The molecule has 0 saturated carbocycles. The van der Waals surface area contributed by atoms with E-state index in [-0.39, 0.29) is 35.7 Å². The van der Waals surface area contributed by atoms with Gasteiger partial charge >= 0.3 is 0 Å². The van der Waals surface area contributed by atoms with Crippen molar-refractivity contribution in [1.82, 2.24) is 10.2 Å². The number of carbonyl (C=O) groups excluding carboxylic acids is 3. The molecule has 0 radical (unpaired) electrons. The molecule has 0 spiro atoms. The third-order valence-electron chi connectivity index (χ3n) is 5.01. The Hall–Kier alpha value is -3.55. The van der Waals surface area contributed by atoms with Crippen molar-refractivity contribution in [3.8, 4) is 0 Å². The first-order valence-corrected chi connectivity index (χ1v) is 9.92. The fraction of sp³-hybridized carbons (Fsp3) is 0.318. The lowest BCUT2D eigenvalue weighted by Crippen LogP contribution is -2.32. The number of non-ortho nitro benzene ring substituents is 1. The van der Waals surface area contributed by atoms with Crippen molar-refractivity contribution in [3.63, 3.8) is 0 Å². The number of imide groups is 1. The van der Waals surface area contributed by atoms with E-state index in [1.165, 1.54) is 17.7 Å². The SMILES string of the molecule is O=C(CCCN1C(=O)c2ccc([N+](=O)[O-])cc2C1=O)NCCCCc1ccccc1. The number of hydrogen-bond acceptors (Lipinski definition) is 5. The van der Waals surface area contributed by atoms with E-state index in [1.807, 2.05) is 18.2 Å². The lowest BCUT2D eigenvalue weighted by Gasteiger charge is -2.13. The summed E-state index contributed by atoms with van der Waals surface area (Å²) in [7, 11) is 0. The predicted octanol–water partition coefficient (Wildman–Crippen LogP) is 3.11. The zero-order valence-corrected chi connectivity index (χ0v) is 16.5. The monoisotopic (exact) mass is 409 g/mol. The molecule has 156 valence electrons. The summed E-state index contributed by atoms with van der Waals surface area (Å²) >= 11 is 0. The van der Waals surface area contributed by atoms with Crippen LogP contribution < -0.4 is 5.32 Å². The zero-order valence-electron chi connectivity index (χ0n) is 16.5. The Morgan fingerprint density at radius 1 is 0.967 bits per heavy atom. The molecule has 0 aromatic heterocycles. The molecule has 0 fully saturated rings. The highest BCUT2D eigenvalue weighted by atomic mass is 16.6. The molecule has 8 nitrogen and oxygen atoms in total. The number of aryl methyl sites for hydroxylation is 1. The Bertz CT molecular complexity index is 959. The molecule has 30 heavy (non-hydrogen) atoms. The molecule has 2 aromatic rings. The van der Waals surface area contributed by atoms with Crippen molar-refractivity contribution in [2.45, 2.75) is 32.1 Å². The fourth-order valence-electron chi connectivity index (χ4n) is 3.41. The molecule has 0 bridgehead atoms. The second-order valence-corrected chi connectivity index (χ2v) is 7.15. The maximum absolute atomic E-state index is 12.4. The summed E-state index contributed by atoms with van der Waals surface area (Å²) in [6, 6.07) is 13.8. The van der Waals surface area contributed by atoms with Crippen LogP contribution in [-0.4, -0.2) is 40.6 Å². The lowest BCUT2D eigenvalue weighted by molar-refractivity contribution is -0.384. The first-order valence-electron chi connectivity index (χ1n) is 9.92. The molecule has 0 aliphatic carbocycles. The molecular weight excluding hydrogens is 386 g/mol. The Balaban J connectivity index is 1.37. The van der Waals surface area contributed by atoms with Gasteiger partial charge in [0.2, 0.25) is 5.91 Å². The number of benzene rings is 2. The number of nitro groups is 1. The molecule has 3 rings (SSSR count). The number of nitrogens with zero attached hydrogens (tertiary/aromatic N) is 2. The van der Waals surface area contributed by atoms with E-state index in [9.17, 15) is 24.5 Å². The minimum absolute atomic E-state index is 0.0390. The summed E-state index contributed by atoms with van der Waals surface area (Å²) in [4.78, 5) is 48.0. The van der Waals surface area contributed by atoms with Crippen LogP contribution in [0.2, 0.25) is 0 Å². The van der Waals surface area contributed by atoms with Gasteiger partial charge in [-0.3, -0.25) is 29.4 Å². The minimum Gasteiger partial charge on any atom is -0.356 e. The largest absolute Gasteiger partial charge is 0.356 e. The quantitative estimate of drug-likeness (QED) is 0.281. The van der Waals surface area contributed by atoms with Crippen molar-refractivity contribution in [1.29, 1.82) is 0 Å². The maximum atomic E-state index is 12.4. The molecule has 0 saturated heterocycles. The number of carbonyl (C=O) groups is 3. The minimum atomic E-state index is -0.606. The summed E-state index contributed by atoms with van der Waals surface area (Å²) in [5.41, 5.74) is 1.24. The molecular formula is C22H23N3O5. The van der Waals surface area contributed by atoms with E-state index in [4.69, 9.17) is 0 Å². The number of fused-ring (bicyclic) bond motifs is 1. The summed E-state index contributed by atoms with van der Waals surface area (Å²) in [6.45, 7) is 0.684. The predicted molar refractivity (Wildman–Crippen MR) is 110 cm³/mol. The summed E-state index contributed by atoms with van der Waals surface area (Å²) < 4.78 is 0. The van der Waals surface area contributed by atoms with E-state index in [2.05, 4.69) is 17.4 Å². The van der Waals surface area contributed by atoms with Gasteiger partial charge in [-0.1, -0.05) is 30.3 Å². The normalized spacial score (nSPS) is 12.7. The number of rotatable bonds is 10.